The van der Waals surface area contributed by atoms with Gasteiger partial charge in [-0.15, -0.1) is 0 Å². The summed E-state index contributed by atoms with van der Waals surface area (Å²) in [4.78, 5) is 24.5. The molecule has 1 heterocycles. The molecule has 0 atom stereocenters. The topological polar surface area (TPSA) is 97.2 Å². The first kappa shape index (κ1) is 11.9. The zero-order valence-corrected chi connectivity index (χ0v) is 10.1. The fourth-order valence-corrected chi connectivity index (χ4v) is 2.33. The van der Waals surface area contributed by atoms with Crippen molar-refractivity contribution in [3.63, 3.8) is 0 Å². The molecule has 0 bridgehead atoms. The third kappa shape index (κ3) is 2.11. The van der Waals surface area contributed by atoms with Crippen molar-refractivity contribution in [3.8, 4) is 0 Å². The van der Waals surface area contributed by atoms with E-state index in [9.17, 15) is 18.0 Å². The number of aryl methyl sites for hydroxylation is 1. The van der Waals surface area contributed by atoms with Gasteiger partial charge in [0.05, 0.1) is 15.8 Å². The summed E-state index contributed by atoms with van der Waals surface area (Å²) in [7, 11) is 1.24. The van der Waals surface area contributed by atoms with Crippen molar-refractivity contribution in [2.45, 2.75) is 11.8 Å². The number of aromatic nitrogens is 1. The maximum atomic E-state index is 11.4. The van der Waals surface area contributed by atoms with Crippen LogP contribution in [0.3, 0.4) is 0 Å². The molecular formula is C9H6ClNO5S. The highest BCUT2D eigenvalue weighted by molar-refractivity contribution is 8.13. The predicted octanol–water partition coefficient (Wildman–Crippen LogP) is 0.717. The Morgan fingerprint density at radius 3 is 2.53 bits per heavy atom. The molecule has 0 radical (unpaired) electrons. The van der Waals surface area contributed by atoms with E-state index >= 15 is 0 Å². The van der Waals surface area contributed by atoms with E-state index in [0.29, 0.717) is 5.56 Å². The van der Waals surface area contributed by atoms with Crippen molar-refractivity contribution in [1.82, 2.24) is 4.98 Å². The van der Waals surface area contributed by atoms with Gasteiger partial charge in [0.2, 0.25) is 0 Å². The summed E-state index contributed by atoms with van der Waals surface area (Å²) < 4.78 is 26.6. The zero-order valence-electron chi connectivity index (χ0n) is 8.48. The van der Waals surface area contributed by atoms with E-state index in [1.165, 1.54) is 6.07 Å². The Kier molecular flexibility index (Phi) is 2.59. The van der Waals surface area contributed by atoms with Crippen LogP contribution in [0.2, 0.25) is 0 Å². The molecule has 0 aliphatic carbocycles. The summed E-state index contributed by atoms with van der Waals surface area (Å²) in [5.41, 5.74) is -0.268. The van der Waals surface area contributed by atoms with Crippen molar-refractivity contribution < 1.29 is 12.8 Å². The molecule has 0 aliphatic heterocycles. The second kappa shape index (κ2) is 3.71. The molecule has 0 aliphatic rings. The molecule has 1 N–H and O–H groups in total. The number of H-pyrrole nitrogens is 1. The highest BCUT2D eigenvalue weighted by atomic mass is 35.7. The number of fused-ring (bicyclic) bond motifs is 1. The average molecular weight is 276 g/mol. The molecule has 0 spiro atoms. The smallest absolute Gasteiger partial charge is 0.372 e. The van der Waals surface area contributed by atoms with Gasteiger partial charge in [0.1, 0.15) is 0 Å². The summed E-state index contributed by atoms with van der Waals surface area (Å²) in [6.45, 7) is 1.54. The fraction of sp³-hybridized carbons (Fsp3) is 0.111. The van der Waals surface area contributed by atoms with Crippen LogP contribution in [0.25, 0.3) is 10.9 Å². The molecular weight excluding hydrogens is 270 g/mol. The number of aromatic amines is 1. The van der Waals surface area contributed by atoms with Crippen molar-refractivity contribution >= 4 is 30.6 Å². The minimum Gasteiger partial charge on any atom is -0.372 e. The summed E-state index contributed by atoms with van der Waals surface area (Å²) in [5, 5.41) is -0.0381. The molecule has 6 nitrogen and oxygen atoms in total. The van der Waals surface area contributed by atoms with E-state index in [4.69, 9.17) is 10.7 Å². The molecule has 0 unspecified atom stereocenters. The van der Waals surface area contributed by atoms with Gasteiger partial charge in [-0.25, -0.2) is 18.0 Å². The standard InChI is InChI=1S/C9H6ClNO5S/c1-4-2-5(17(10,14)15)3-6-7(4)11-9(13)16-8(6)12/h2-3H,1H3,(H,11,13). The number of rotatable bonds is 1. The number of benzene rings is 1. The largest absolute Gasteiger partial charge is 0.419 e. The highest BCUT2D eigenvalue weighted by Gasteiger charge is 2.15. The molecule has 8 heteroatoms. The first-order valence-corrected chi connectivity index (χ1v) is 6.72. The number of nitrogens with one attached hydrogen (secondary N) is 1. The number of hydrogen-bond donors (Lipinski definition) is 1. The van der Waals surface area contributed by atoms with Crippen LogP contribution in [0.4, 0.5) is 0 Å². The lowest BCUT2D eigenvalue weighted by Crippen LogP contribution is -2.15. The second-order valence-electron chi connectivity index (χ2n) is 3.40. The molecule has 90 valence electrons. The molecule has 0 fully saturated rings. The molecule has 0 amide bonds. The van der Waals surface area contributed by atoms with E-state index in [-0.39, 0.29) is 15.8 Å². The predicted molar refractivity (Wildman–Crippen MR) is 60.9 cm³/mol. The van der Waals surface area contributed by atoms with Gasteiger partial charge in [-0.05, 0) is 24.6 Å². The van der Waals surface area contributed by atoms with Crippen LogP contribution in [-0.4, -0.2) is 13.4 Å². The van der Waals surface area contributed by atoms with Crippen LogP contribution in [0.1, 0.15) is 5.56 Å². The van der Waals surface area contributed by atoms with E-state index in [1.807, 2.05) is 0 Å². The summed E-state index contributed by atoms with van der Waals surface area (Å²) in [6, 6.07) is 2.33. The van der Waals surface area contributed by atoms with E-state index < -0.39 is 20.4 Å². The molecule has 0 saturated carbocycles. The van der Waals surface area contributed by atoms with Crippen LogP contribution in [0.15, 0.2) is 31.0 Å². The Labute approximate surface area is 99.3 Å². The minimum absolute atomic E-state index is 0.0381. The lowest BCUT2D eigenvalue weighted by Gasteiger charge is -2.02. The second-order valence-corrected chi connectivity index (χ2v) is 5.97. The van der Waals surface area contributed by atoms with Crippen molar-refractivity contribution in [2.75, 3.05) is 0 Å². The van der Waals surface area contributed by atoms with Gasteiger partial charge in [0, 0.05) is 10.7 Å². The molecule has 1 aromatic carbocycles. The summed E-state index contributed by atoms with van der Waals surface area (Å²) in [5.74, 6) is -0.896. The van der Waals surface area contributed by atoms with Crippen LogP contribution in [0, 0.1) is 6.92 Å². The van der Waals surface area contributed by atoms with Gasteiger partial charge in [0.15, 0.2) is 0 Å². The highest BCUT2D eigenvalue weighted by Crippen LogP contribution is 2.21. The van der Waals surface area contributed by atoms with Gasteiger partial charge in [0.25, 0.3) is 9.05 Å². The minimum atomic E-state index is -3.94. The lowest BCUT2D eigenvalue weighted by atomic mass is 10.1. The molecule has 0 saturated heterocycles. The Balaban J connectivity index is 3.03. The van der Waals surface area contributed by atoms with Crippen molar-refractivity contribution in [2.24, 2.45) is 0 Å². The van der Waals surface area contributed by atoms with Gasteiger partial charge in [-0.2, -0.15) is 0 Å². The van der Waals surface area contributed by atoms with Crippen LogP contribution in [-0.2, 0) is 9.05 Å². The molecule has 2 aromatic rings. The van der Waals surface area contributed by atoms with Crippen LogP contribution < -0.4 is 11.4 Å². The summed E-state index contributed by atoms with van der Waals surface area (Å²) in [6.07, 6.45) is 0. The van der Waals surface area contributed by atoms with Crippen molar-refractivity contribution in [3.05, 3.63) is 38.7 Å². The van der Waals surface area contributed by atoms with E-state index in [1.54, 1.807) is 6.92 Å². The maximum absolute atomic E-state index is 11.4. The molecule has 1 aromatic heterocycles. The average Bonchev–Trinajstić information content (AvgIpc) is 2.17. The molecule has 17 heavy (non-hydrogen) atoms. The monoisotopic (exact) mass is 275 g/mol. The third-order valence-corrected chi connectivity index (χ3v) is 3.56. The van der Waals surface area contributed by atoms with Gasteiger partial charge >= 0.3 is 11.4 Å². The van der Waals surface area contributed by atoms with Gasteiger partial charge in [-0.1, -0.05) is 0 Å². The fourth-order valence-electron chi connectivity index (χ4n) is 1.49. The maximum Gasteiger partial charge on any atom is 0.419 e. The first-order valence-electron chi connectivity index (χ1n) is 4.41. The van der Waals surface area contributed by atoms with E-state index in [2.05, 4.69) is 9.40 Å². The third-order valence-electron chi connectivity index (χ3n) is 2.22. The Morgan fingerprint density at radius 1 is 1.29 bits per heavy atom. The zero-order chi connectivity index (χ0) is 12.8. The molecule has 2 rings (SSSR count). The number of hydrogen-bond acceptors (Lipinski definition) is 5. The van der Waals surface area contributed by atoms with Gasteiger partial charge < -0.3 is 4.42 Å². The normalized spacial score (nSPS) is 11.9. The van der Waals surface area contributed by atoms with Crippen LogP contribution in [0.5, 0.6) is 0 Å². The van der Waals surface area contributed by atoms with E-state index in [0.717, 1.165) is 6.07 Å². The Bertz CT molecular complexity index is 817. The Morgan fingerprint density at radius 2 is 1.94 bits per heavy atom. The quantitative estimate of drug-likeness (QED) is 0.773. The SMILES string of the molecule is Cc1cc(S(=O)(=O)Cl)cc2c(=O)oc(=O)[nH]c12. The number of halogens is 1. The Hall–Kier alpha value is -1.60. The van der Waals surface area contributed by atoms with Gasteiger partial charge in [-0.3, -0.25) is 4.98 Å². The first-order chi connectivity index (χ1) is 7.79. The van der Waals surface area contributed by atoms with Crippen molar-refractivity contribution in [1.29, 1.82) is 0 Å². The lowest BCUT2D eigenvalue weighted by molar-refractivity contribution is 0.460. The van der Waals surface area contributed by atoms with Crippen LogP contribution >= 0.6 is 10.7 Å². The summed E-state index contributed by atoms with van der Waals surface area (Å²) >= 11 is 0.